The van der Waals surface area contributed by atoms with E-state index in [0.29, 0.717) is 6.04 Å². The lowest BCUT2D eigenvalue weighted by Gasteiger charge is -2.34. The van der Waals surface area contributed by atoms with Crippen molar-refractivity contribution in [2.75, 3.05) is 13.2 Å². The number of ether oxygens (including phenoxy) is 1. The molecule has 1 aliphatic heterocycles. The number of fused-ring (bicyclic) bond motifs is 1. The van der Waals surface area contributed by atoms with Gasteiger partial charge in [-0.05, 0) is 30.4 Å². The molecule has 0 aliphatic carbocycles. The Kier molecular flexibility index (Phi) is 3.96. The normalized spacial score (nSPS) is 16.9. The maximum absolute atomic E-state index is 5.94. The molecule has 0 saturated heterocycles. The molecule has 1 atom stereocenters. The van der Waals surface area contributed by atoms with Crippen molar-refractivity contribution in [3.8, 4) is 5.75 Å². The van der Waals surface area contributed by atoms with E-state index in [9.17, 15) is 0 Å². The zero-order chi connectivity index (χ0) is 13.2. The molecule has 1 aromatic rings. The molecule has 1 N–H and O–H groups in total. The van der Waals surface area contributed by atoms with Gasteiger partial charge in [-0.1, -0.05) is 45.9 Å². The van der Waals surface area contributed by atoms with Gasteiger partial charge in [0.1, 0.15) is 5.75 Å². The van der Waals surface area contributed by atoms with Gasteiger partial charge in [0.25, 0.3) is 0 Å². The Labute approximate surface area is 111 Å². The van der Waals surface area contributed by atoms with Crippen molar-refractivity contribution in [3.63, 3.8) is 0 Å². The van der Waals surface area contributed by atoms with Crippen molar-refractivity contribution in [2.24, 2.45) is 5.41 Å². The van der Waals surface area contributed by atoms with Crippen LogP contribution in [0.5, 0.6) is 5.75 Å². The maximum atomic E-state index is 5.94. The van der Waals surface area contributed by atoms with Crippen molar-refractivity contribution < 1.29 is 4.74 Å². The quantitative estimate of drug-likeness (QED) is 0.879. The van der Waals surface area contributed by atoms with Crippen molar-refractivity contribution in [3.05, 3.63) is 29.3 Å². The van der Waals surface area contributed by atoms with Crippen LogP contribution in [0, 0.1) is 5.41 Å². The fourth-order valence-electron chi connectivity index (χ4n) is 2.73. The zero-order valence-corrected chi connectivity index (χ0v) is 12.0. The van der Waals surface area contributed by atoms with Crippen molar-refractivity contribution in [2.45, 2.75) is 46.6 Å². The van der Waals surface area contributed by atoms with Gasteiger partial charge < -0.3 is 10.1 Å². The third kappa shape index (κ3) is 2.69. The van der Waals surface area contributed by atoms with Gasteiger partial charge in [-0.15, -0.1) is 0 Å². The van der Waals surface area contributed by atoms with E-state index in [0.717, 1.165) is 31.7 Å². The summed E-state index contributed by atoms with van der Waals surface area (Å²) in [5.41, 5.74) is 2.87. The lowest BCUT2D eigenvalue weighted by Crippen LogP contribution is -2.33. The Morgan fingerprint density at radius 2 is 2.11 bits per heavy atom. The van der Waals surface area contributed by atoms with Crippen molar-refractivity contribution in [1.29, 1.82) is 0 Å². The Hall–Kier alpha value is -1.02. The summed E-state index contributed by atoms with van der Waals surface area (Å²) < 4.78 is 5.94. The Morgan fingerprint density at radius 1 is 1.33 bits per heavy atom. The number of hydrogen-bond donors (Lipinski definition) is 1. The second-order valence-electron chi connectivity index (χ2n) is 6.14. The van der Waals surface area contributed by atoms with Crippen molar-refractivity contribution >= 4 is 0 Å². The molecule has 0 aromatic heterocycles. The maximum Gasteiger partial charge on any atom is 0.127 e. The first kappa shape index (κ1) is 13.4. The Morgan fingerprint density at radius 3 is 2.78 bits per heavy atom. The molecule has 18 heavy (non-hydrogen) atoms. The summed E-state index contributed by atoms with van der Waals surface area (Å²) >= 11 is 0. The van der Waals surface area contributed by atoms with Gasteiger partial charge in [0.05, 0.1) is 6.61 Å². The molecule has 1 heterocycles. The van der Waals surface area contributed by atoms with Crippen LogP contribution >= 0.6 is 0 Å². The fraction of sp³-hybridized carbons (Fsp3) is 0.625. The summed E-state index contributed by atoms with van der Waals surface area (Å²) in [6, 6.07) is 6.92. The van der Waals surface area contributed by atoms with Gasteiger partial charge in [0, 0.05) is 11.6 Å². The molecule has 2 rings (SSSR count). The van der Waals surface area contributed by atoms with Crippen LogP contribution in [0.15, 0.2) is 18.2 Å². The lowest BCUT2D eigenvalue weighted by molar-refractivity contribution is 0.247. The zero-order valence-electron chi connectivity index (χ0n) is 12.0. The molecule has 100 valence electrons. The third-order valence-electron chi connectivity index (χ3n) is 3.55. The lowest BCUT2D eigenvalue weighted by atomic mass is 9.81. The van der Waals surface area contributed by atoms with Crippen LogP contribution in [-0.4, -0.2) is 13.2 Å². The highest BCUT2D eigenvalue weighted by molar-refractivity contribution is 5.45. The van der Waals surface area contributed by atoms with E-state index in [1.54, 1.807) is 0 Å². The smallest absolute Gasteiger partial charge is 0.127 e. The first-order chi connectivity index (χ1) is 8.54. The average Bonchev–Trinajstić information content (AvgIpc) is 2.34. The first-order valence-corrected chi connectivity index (χ1v) is 7.02. The second kappa shape index (κ2) is 5.31. The molecule has 0 saturated carbocycles. The number of nitrogens with one attached hydrogen (secondary N) is 1. The summed E-state index contributed by atoms with van der Waals surface area (Å²) in [4.78, 5) is 0. The molecule has 2 heteroatoms. The van der Waals surface area contributed by atoms with Crippen molar-refractivity contribution in [1.82, 2.24) is 5.32 Å². The van der Waals surface area contributed by atoms with Crippen LogP contribution in [0.1, 0.15) is 51.3 Å². The molecule has 0 radical (unpaired) electrons. The standard InChI is InChI=1S/C16H25NO/c1-5-17-15(16(2,3)4)13-10-6-8-12-9-7-11-18-14(12)13/h6,8,10,15,17H,5,7,9,11H2,1-4H3. The van der Waals surface area contributed by atoms with Crippen LogP contribution in [-0.2, 0) is 6.42 Å². The highest BCUT2D eigenvalue weighted by Crippen LogP contribution is 2.40. The number of para-hydroxylation sites is 1. The van der Waals surface area contributed by atoms with Crippen LogP contribution in [0.2, 0.25) is 0 Å². The minimum Gasteiger partial charge on any atom is -0.493 e. The third-order valence-corrected chi connectivity index (χ3v) is 3.55. The molecule has 2 nitrogen and oxygen atoms in total. The molecule has 0 bridgehead atoms. The van der Waals surface area contributed by atoms with Gasteiger partial charge in [-0.25, -0.2) is 0 Å². The minimum absolute atomic E-state index is 0.186. The van der Waals surface area contributed by atoms with Crippen LogP contribution in [0.3, 0.4) is 0 Å². The average molecular weight is 247 g/mol. The molecular weight excluding hydrogens is 222 g/mol. The number of aryl methyl sites for hydroxylation is 1. The molecule has 0 fully saturated rings. The summed E-state index contributed by atoms with van der Waals surface area (Å²) in [7, 11) is 0. The Bertz CT molecular complexity index is 406. The summed E-state index contributed by atoms with van der Waals surface area (Å²) in [5, 5.41) is 3.61. The van der Waals surface area contributed by atoms with Crippen LogP contribution < -0.4 is 10.1 Å². The van der Waals surface area contributed by atoms with Gasteiger partial charge in [-0.3, -0.25) is 0 Å². The highest BCUT2D eigenvalue weighted by atomic mass is 16.5. The molecular formula is C16H25NO. The predicted octanol–water partition coefficient (Wildman–Crippen LogP) is 3.71. The second-order valence-corrected chi connectivity index (χ2v) is 6.14. The fourth-order valence-corrected chi connectivity index (χ4v) is 2.73. The van der Waals surface area contributed by atoms with Crippen LogP contribution in [0.4, 0.5) is 0 Å². The predicted molar refractivity (Wildman–Crippen MR) is 76.1 cm³/mol. The van der Waals surface area contributed by atoms with E-state index in [4.69, 9.17) is 4.74 Å². The van der Waals surface area contributed by atoms with E-state index in [1.807, 2.05) is 0 Å². The van der Waals surface area contributed by atoms with Gasteiger partial charge >= 0.3 is 0 Å². The van der Waals surface area contributed by atoms with E-state index < -0.39 is 0 Å². The van der Waals surface area contributed by atoms with E-state index >= 15 is 0 Å². The summed E-state index contributed by atoms with van der Waals surface area (Å²) in [6.07, 6.45) is 2.28. The van der Waals surface area contributed by atoms with E-state index in [-0.39, 0.29) is 5.41 Å². The first-order valence-electron chi connectivity index (χ1n) is 7.02. The number of rotatable bonds is 3. The summed E-state index contributed by atoms with van der Waals surface area (Å²) in [6.45, 7) is 10.8. The SMILES string of the molecule is CCNC(c1cccc2c1OCCC2)C(C)(C)C. The van der Waals surface area contributed by atoms with Gasteiger partial charge in [-0.2, -0.15) is 0 Å². The topological polar surface area (TPSA) is 21.3 Å². The van der Waals surface area contributed by atoms with E-state index in [2.05, 4.69) is 51.2 Å². The monoisotopic (exact) mass is 247 g/mol. The molecule has 1 aliphatic rings. The van der Waals surface area contributed by atoms with E-state index in [1.165, 1.54) is 11.1 Å². The van der Waals surface area contributed by atoms with Crippen LogP contribution in [0.25, 0.3) is 0 Å². The number of benzene rings is 1. The molecule has 0 spiro atoms. The molecule has 1 unspecified atom stereocenters. The Balaban J connectivity index is 2.41. The minimum atomic E-state index is 0.186. The summed E-state index contributed by atoms with van der Waals surface area (Å²) in [5.74, 6) is 1.13. The van der Waals surface area contributed by atoms with Gasteiger partial charge in [0.15, 0.2) is 0 Å². The molecule has 1 aromatic carbocycles. The highest BCUT2D eigenvalue weighted by Gasteiger charge is 2.29. The largest absolute Gasteiger partial charge is 0.493 e. The molecule has 0 amide bonds. The number of hydrogen-bond acceptors (Lipinski definition) is 2. The van der Waals surface area contributed by atoms with Gasteiger partial charge in [0.2, 0.25) is 0 Å².